The second-order valence-corrected chi connectivity index (χ2v) is 6.73. The van der Waals surface area contributed by atoms with Crippen LogP contribution >= 0.6 is 11.8 Å². The molecule has 0 aromatic rings. The molecule has 1 rings (SSSR count). The van der Waals surface area contributed by atoms with Crippen molar-refractivity contribution in [3.05, 3.63) is 0 Å². The third-order valence-electron chi connectivity index (χ3n) is 2.91. The lowest BCUT2D eigenvalue weighted by Gasteiger charge is -2.36. The van der Waals surface area contributed by atoms with Gasteiger partial charge in [-0.3, -0.25) is 4.79 Å². The zero-order valence-corrected chi connectivity index (χ0v) is 11.9. The molecule has 1 heterocycles. The Kier molecular flexibility index (Phi) is 4.68. The quantitative estimate of drug-likeness (QED) is 0.818. The fourth-order valence-electron chi connectivity index (χ4n) is 2.18. The van der Waals surface area contributed by atoms with E-state index in [2.05, 4.69) is 19.2 Å². The number of hydrogen-bond donors (Lipinski definition) is 1. The van der Waals surface area contributed by atoms with Crippen LogP contribution < -0.4 is 5.32 Å². The number of nitrogens with zero attached hydrogens (tertiary/aromatic N) is 1. The highest BCUT2D eigenvalue weighted by Gasteiger charge is 2.30. The number of carbonyl (C=O) groups is 1. The summed E-state index contributed by atoms with van der Waals surface area (Å²) in [5.41, 5.74) is 0.390. The largest absolute Gasteiger partial charge is 0.347 e. The molecule has 0 spiro atoms. The molecule has 4 heteroatoms. The van der Waals surface area contributed by atoms with Crippen LogP contribution in [0.1, 0.15) is 27.2 Å². The summed E-state index contributed by atoms with van der Waals surface area (Å²) in [7, 11) is 3.61. The maximum absolute atomic E-state index is 11.7. The van der Waals surface area contributed by atoms with Gasteiger partial charge in [0.05, 0.1) is 6.04 Å². The molecular formula is C12H24N2OS. The van der Waals surface area contributed by atoms with Crippen LogP contribution in [0.5, 0.6) is 0 Å². The fourth-order valence-corrected chi connectivity index (χ4v) is 3.47. The van der Waals surface area contributed by atoms with Crippen molar-refractivity contribution in [3.63, 3.8) is 0 Å². The molecule has 0 aromatic carbocycles. The Hall–Kier alpha value is -0.220. The van der Waals surface area contributed by atoms with E-state index in [1.165, 1.54) is 5.75 Å². The number of thioether (sulfide) groups is 1. The van der Waals surface area contributed by atoms with Gasteiger partial charge in [-0.1, -0.05) is 13.8 Å². The molecule has 0 radical (unpaired) electrons. The van der Waals surface area contributed by atoms with E-state index < -0.39 is 0 Å². The SMILES string of the molecule is CC(NC1CSCC(C)(C)C1)C(=O)N(C)C. The lowest BCUT2D eigenvalue weighted by atomic mass is 9.87. The summed E-state index contributed by atoms with van der Waals surface area (Å²) < 4.78 is 0. The summed E-state index contributed by atoms with van der Waals surface area (Å²) in [5, 5.41) is 3.44. The minimum Gasteiger partial charge on any atom is -0.347 e. The molecule has 0 aromatic heterocycles. The predicted octanol–water partition coefficient (Wildman–Crippen LogP) is 1.58. The Bertz CT molecular complexity index is 253. The lowest BCUT2D eigenvalue weighted by Crippen LogP contribution is -2.49. The van der Waals surface area contributed by atoms with Gasteiger partial charge in [-0.25, -0.2) is 0 Å². The van der Waals surface area contributed by atoms with E-state index in [1.807, 2.05) is 18.7 Å². The summed E-state index contributed by atoms with van der Waals surface area (Å²) in [6.07, 6.45) is 1.16. The summed E-state index contributed by atoms with van der Waals surface area (Å²) in [5.74, 6) is 2.50. The number of carbonyl (C=O) groups excluding carboxylic acids is 1. The van der Waals surface area contributed by atoms with Gasteiger partial charge < -0.3 is 10.2 Å². The van der Waals surface area contributed by atoms with Crippen LogP contribution in [0.2, 0.25) is 0 Å². The minimum atomic E-state index is -0.0745. The van der Waals surface area contributed by atoms with E-state index in [0.717, 1.165) is 12.2 Å². The first-order valence-corrected chi connectivity index (χ1v) is 7.02. The lowest BCUT2D eigenvalue weighted by molar-refractivity contribution is -0.130. The second-order valence-electron chi connectivity index (χ2n) is 5.70. The average Bonchev–Trinajstić information content (AvgIpc) is 2.14. The van der Waals surface area contributed by atoms with Gasteiger partial charge in [0.1, 0.15) is 0 Å². The summed E-state index contributed by atoms with van der Waals surface area (Å²) in [6.45, 7) is 6.55. The van der Waals surface area contributed by atoms with Crippen molar-refractivity contribution in [3.8, 4) is 0 Å². The third kappa shape index (κ3) is 3.98. The monoisotopic (exact) mass is 244 g/mol. The summed E-state index contributed by atoms with van der Waals surface area (Å²) >= 11 is 1.98. The molecule has 2 atom stereocenters. The predicted molar refractivity (Wildman–Crippen MR) is 70.8 cm³/mol. The van der Waals surface area contributed by atoms with E-state index in [9.17, 15) is 4.79 Å². The zero-order valence-electron chi connectivity index (χ0n) is 11.0. The Labute approximate surface area is 103 Å². The van der Waals surface area contributed by atoms with Gasteiger partial charge in [-0.15, -0.1) is 0 Å². The van der Waals surface area contributed by atoms with Crippen molar-refractivity contribution < 1.29 is 4.79 Å². The molecule has 1 fully saturated rings. The molecule has 3 nitrogen and oxygen atoms in total. The van der Waals surface area contributed by atoms with Gasteiger partial charge in [0.15, 0.2) is 0 Å². The second kappa shape index (κ2) is 5.41. The maximum Gasteiger partial charge on any atom is 0.238 e. The number of likely N-dealkylation sites (N-methyl/N-ethyl adjacent to an activating group) is 1. The van der Waals surface area contributed by atoms with E-state index in [-0.39, 0.29) is 11.9 Å². The van der Waals surface area contributed by atoms with Gasteiger partial charge in [-0.05, 0) is 24.5 Å². The Morgan fingerprint density at radius 3 is 2.62 bits per heavy atom. The van der Waals surface area contributed by atoms with Gasteiger partial charge in [0, 0.05) is 25.9 Å². The van der Waals surface area contributed by atoms with E-state index >= 15 is 0 Å². The molecule has 94 valence electrons. The minimum absolute atomic E-state index is 0.0745. The first kappa shape index (κ1) is 13.8. The smallest absolute Gasteiger partial charge is 0.238 e. The molecule has 1 N–H and O–H groups in total. The van der Waals surface area contributed by atoms with Crippen LogP contribution in [0.3, 0.4) is 0 Å². The van der Waals surface area contributed by atoms with Crippen LogP contribution in [-0.4, -0.2) is 48.5 Å². The molecule has 1 aliphatic rings. The maximum atomic E-state index is 11.7. The van der Waals surface area contributed by atoms with Crippen molar-refractivity contribution in [1.82, 2.24) is 10.2 Å². The molecule has 1 amide bonds. The normalized spacial score (nSPS) is 26.2. The first-order chi connectivity index (χ1) is 7.32. The molecule has 16 heavy (non-hydrogen) atoms. The summed E-state index contributed by atoms with van der Waals surface area (Å²) in [4.78, 5) is 13.4. The first-order valence-electron chi connectivity index (χ1n) is 5.87. The van der Waals surface area contributed by atoms with Gasteiger partial charge in [0.25, 0.3) is 0 Å². The molecular weight excluding hydrogens is 220 g/mol. The number of amides is 1. The Morgan fingerprint density at radius 1 is 1.50 bits per heavy atom. The molecule has 2 unspecified atom stereocenters. The van der Waals surface area contributed by atoms with Crippen LogP contribution in [-0.2, 0) is 4.79 Å². The van der Waals surface area contributed by atoms with Crippen molar-refractivity contribution in [2.45, 2.75) is 39.3 Å². The van der Waals surface area contributed by atoms with Crippen LogP contribution in [0.15, 0.2) is 0 Å². The molecule has 0 saturated carbocycles. The highest BCUT2D eigenvalue weighted by atomic mass is 32.2. The molecule has 1 saturated heterocycles. The van der Waals surface area contributed by atoms with Gasteiger partial charge in [0.2, 0.25) is 5.91 Å². The average molecular weight is 244 g/mol. The van der Waals surface area contributed by atoms with Gasteiger partial charge in [-0.2, -0.15) is 11.8 Å². The van der Waals surface area contributed by atoms with E-state index in [1.54, 1.807) is 19.0 Å². The van der Waals surface area contributed by atoms with E-state index in [0.29, 0.717) is 11.5 Å². The molecule has 0 bridgehead atoms. The topological polar surface area (TPSA) is 32.3 Å². The molecule has 0 aliphatic carbocycles. The third-order valence-corrected chi connectivity index (χ3v) is 4.53. The summed E-state index contributed by atoms with van der Waals surface area (Å²) in [6, 6.07) is 0.391. The highest BCUT2D eigenvalue weighted by molar-refractivity contribution is 7.99. The standard InChI is InChI=1S/C12H24N2OS/c1-9(11(15)14(4)5)13-10-6-12(2,3)8-16-7-10/h9-10,13H,6-8H2,1-5H3. The van der Waals surface area contributed by atoms with Crippen LogP contribution in [0, 0.1) is 5.41 Å². The number of rotatable bonds is 3. The zero-order chi connectivity index (χ0) is 12.3. The fraction of sp³-hybridized carbons (Fsp3) is 0.917. The van der Waals surface area contributed by atoms with E-state index in [4.69, 9.17) is 0 Å². The van der Waals surface area contributed by atoms with Gasteiger partial charge >= 0.3 is 0 Å². The highest BCUT2D eigenvalue weighted by Crippen LogP contribution is 2.33. The Balaban J connectivity index is 2.45. The number of nitrogens with one attached hydrogen (secondary N) is 1. The van der Waals surface area contributed by atoms with Crippen molar-refractivity contribution in [2.24, 2.45) is 5.41 Å². The Morgan fingerprint density at radius 2 is 2.12 bits per heavy atom. The molecule has 1 aliphatic heterocycles. The van der Waals surface area contributed by atoms with Crippen molar-refractivity contribution in [2.75, 3.05) is 25.6 Å². The number of hydrogen-bond acceptors (Lipinski definition) is 3. The van der Waals surface area contributed by atoms with Crippen LogP contribution in [0.25, 0.3) is 0 Å². The van der Waals surface area contributed by atoms with Crippen molar-refractivity contribution >= 4 is 17.7 Å². The van der Waals surface area contributed by atoms with Crippen molar-refractivity contribution in [1.29, 1.82) is 0 Å². The van der Waals surface area contributed by atoms with Crippen LogP contribution in [0.4, 0.5) is 0 Å².